The summed E-state index contributed by atoms with van der Waals surface area (Å²) in [6, 6.07) is 0. The van der Waals surface area contributed by atoms with Gasteiger partial charge in [-0.2, -0.15) is 0 Å². The van der Waals surface area contributed by atoms with Crippen molar-refractivity contribution in [3.05, 3.63) is 0 Å². The average molecular weight is 282 g/mol. The summed E-state index contributed by atoms with van der Waals surface area (Å²) in [5.41, 5.74) is 0. The number of amides is 1. The summed E-state index contributed by atoms with van der Waals surface area (Å²) < 4.78 is 0. The van der Waals surface area contributed by atoms with Gasteiger partial charge in [0.15, 0.2) is 0 Å². The minimum Gasteiger partial charge on any atom is -0.343 e. The van der Waals surface area contributed by atoms with Gasteiger partial charge in [-0.05, 0) is 50.6 Å². The van der Waals surface area contributed by atoms with E-state index in [4.69, 9.17) is 0 Å². The molecule has 0 radical (unpaired) electrons. The first-order valence-electron chi connectivity index (χ1n) is 8.60. The fourth-order valence-electron chi connectivity index (χ4n) is 3.25. The van der Waals surface area contributed by atoms with Crippen molar-refractivity contribution in [2.45, 2.75) is 59.8 Å². The Kier molecular flexibility index (Phi) is 8.20. The van der Waals surface area contributed by atoms with Crippen LogP contribution in [0.5, 0.6) is 0 Å². The first-order valence-corrected chi connectivity index (χ1v) is 8.60. The van der Waals surface area contributed by atoms with Gasteiger partial charge in [0.25, 0.3) is 0 Å². The maximum absolute atomic E-state index is 12.5. The molecule has 1 unspecified atom stereocenters. The van der Waals surface area contributed by atoms with Crippen molar-refractivity contribution in [3.8, 4) is 0 Å². The number of nitrogens with one attached hydrogen (secondary N) is 1. The predicted octanol–water partition coefficient (Wildman–Crippen LogP) is 3.30. The molecular formula is C17H34N2O. The largest absolute Gasteiger partial charge is 0.343 e. The number of hydrogen-bond donors (Lipinski definition) is 1. The summed E-state index contributed by atoms with van der Waals surface area (Å²) in [6.07, 6.45) is 5.53. The molecule has 0 aliphatic carbocycles. The van der Waals surface area contributed by atoms with Gasteiger partial charge < -0.3 is 10.2 Å². The molecule has 1 N–H and O–H groups in total. The van der Waals surface area contributed by atoms with Gasteiger partial charge in [0.2, 0.25) is 5.91 Å². The molecule has 1 atom stereocenters. The van der Waals surface area contributed by atoms with Gasteiger partial charge in [-0.3, -0.25) is 4.79 Å². The molecule has 20 heavy (non-hydrogen) atoms. The Labute approximate surface area is 125 Å². The van der Waals surface area contributed by atoms with Crippen molar-refractivity contribution in [2.75, 3.05) is 26.2 Å². The summed E-state index contributed by atoms with van der Waals surface area (Å²) in [7, 11) is 0. The molecule has 3 heteroatoms. The first-order chi connectivity index (χ1) is 9.62. The summed E-state index contributed by atoms with van der Waals surface area (Å²) in [5, 5.41) is 3.40. The van der Waals surface area contributed by atoms with Gasteiger partial charge in [0, 0.05) is 19.5 Å². The molecule has 0 saturated carbocycles. The number of rotatable bonds is 8. The summed E-state index contributed by atoms with van der Waals surface area (Å²) in [4.78, 5) is 14.6. The first kappa shape index (κ1) is 17.5. The minimum absolute atomic E-state index is 0.366. The molecule has 0 bridgehead atoms. The Morgan fingerprint density at radius 3 is 2.30 bits per heavy atom. The van der Waals surface area contributed by atoms with E-state index in [1.165, 1.54) is 25.7 Å². The van der Waals surface area contributed by atoms with Crippen molar-refractivity contribution in [3.63, 3.8) is 0 Å². The molecule has 0 aromatic carbocycles. The maximum atomic E-state index is 12.5. The van der Waals surface area contributed by atoms with E-state index in [-0.39, 0.29) is 0 Å². The molecule has 0 spiro atoms. The number of hydrogen-bond acceptors (Lipinski definition) is 2. The third-order valence-corrected chi connectivity index (χ3v) is 5.05. The maximum Gasteiger partial charge on any atom is 0.222 e. The fourth-order valence-corrected chi connectivity index (χ4v) is 3.25. The van der Waals surface area contributed by atoms with Crippen LogP contribution >= 0.6 is 0 Å². The lowest BCUT2D eigenvalue weighted by atomic mass is 9.84. The molecular weight excluding hydrogens is 248 g/mol. The normalized spacial score (nSPS) is 18.2. The number of nitrogens with zero attached hydrogens (tertiary/aromatic N) is 1. The molecule has 0 aromatic rings. The Morgan fingerprint density at radius 1 is 1.20 bits per heavy atom. The van der Waals surface area contributed by atoms with Crippen molar-refractivity contribution < 1.29 is 4.79 Å². The zero-order valence-corrected chi connectivity index (χ0v) is 14.0. The van der Waals surface area contributed by atoms with Crippen LogP contribution in [-0.2, 0) is 4.79 Å². The van der Waals surface area contributed by atoms with Gasteiger partial charge >= 0.3 is 0 Å². The quantitative estimate of drug-likeness (QED) is 0.741. The van der Waals surface area contributed by atoms with E-state index in [0.717, 1.165) is 38.5 Å². The van der Waals surface area contributed by atoms with E-state index >= 15 is 0 Å². The van der Waals surface area contributed by atoms with E-state index in [0.29, 0.717) is 17.7 Å². The van der Waals surface area contributed by atoms with Crippen LogP contribution in [0.15, 0.2) is 0 Å². The monoisotopic (exact) mass is 282 g/mol. The Hall–Kier alpha value is -0.570. The molecule has 1 heterocycles. The Balaban J connectivity index is 2.44. The topological polar surface area (TPSA) is 32.3 Å². The Morgan fingerprint density at radius 2 is 1.80 bits per heavy atom. The highest BCUT2D eigenvalue weighted by atomic mass is 16.2. The predicted molar refractivity (Wildman–Crippen MR) is 85.7 cm³/mol. The van der Waals surface area contributed by atoms with Crippen LogP contribution in [0.1, 0.15) is 59.8 Å². The van der Waals surface area contributed by atoms with E-state index < -0.39 is 0 Å². The van der Waals surface area contributed by atoms with E-state index in [1.807, 2.05) is 0 Å². The molecule has 3 nitrogen and oxygen atoms in total. The molecule has 1 fully saturated rings. The fraction of sp³-hybridized carbons (Fsp3) is 0.941. The number of carbonyl (C=O) groups excluding carboxylic acids is 1. The lowest BCUT2D eigenvalue weighted by Crippen LogP contribution is -2.38. The van der Waals surface area contributed by atoms with Gasteiger partial charge in [-0.15, -0.1) is 0 Å². The SMILES string of the molecule is CCC(CC)CN(CC)C(=O)CC(C)C1CCNCC1. The lowest BCUT2D eigenvalue weighted by Gasteiger charge is -2.31. The molecule has 1 aliphatic heterocycles. The van der Waals surface area contributed by atoms with Crippen molar-refractivity contribution in [2.24, 2.45) is 17.8 Å². The second kappa shape index (κ2) is 9.38. The molecule has 0 aromatic heterocycles. The Bertz CT molecular complexity index is 270. The van der Waals surface area contributed by atoms with Crippen LogP contribution in [0.25, 0.3) is 0 Å². The molecule has 1 amide bonds. The number of piperidine rings is 1. The third kappa shape index (κ3) is 5.43. The van der Waals surface area contributed by atoms with E-state index in [2.05, 4.69) is 37.9 Å². The summed E-state index contributed by atoms with van der Waals surface area (Å²) in [5.74, 6) is 2.28. The van der Waals surface area contributed by atoms with Crippen LogP contribution in [0.4, 0.5) is 0 Å². The highest BCUT2D eigenvalue weighted by Gasteiger charge is 2.24. The zero-order valence-electron chi connectivity index (χ0n) is 14.0. The average Bonchev–Trinajstić information content (AvgIpc) is 2.49. The van der Waals surface area contributed by atoms with Crippen molar-refractivity contribution >= 4 is 5.91 Å². The highest BCUT2D eigenvalue weighted by Crippen LogP contribution is 2.25. The summed E-state index contributed by atoms with van der Waals surface area (Å²) >= 11 is 0. The van der Waals surface area contributed by atoms with Crippen molar-refractivity contribution in [1.82, 2.24) is 10.2 Å². The zero-order chi connectivity index (χ0) is 15.0. The van der Waals surface area contributed by atoms with Crippen LogP contribution in [0.2, 0.25) is 0 Å². The molecule has 1 saturated heterocycles. The highest BCUT2D eigenvalue weighted by molar-refractivity contribution is 5.76. The standard InChI is InChI=1S/C17H34N2O/c1-5-15(6-2)13-19(7-3)17(20)12-14(4)16-8-10-18-11-9-16/h14-16,18H,5-13H2,1-4H3. The van der Waals surface area contributed by atoms with E-state index in [1.54, 1.807) is 0 Å². The second-order valence-electron chi connectivity index (χ2n) is 6.38. The van der Waals surface area contributed by atoms with Crippen molar-refractivity contribution in [1.29, 1.82) is 0 Å². The third-order valence-electron chi connectivity index (χ3n) is 5.05. The van der Waals surface area contributed by atoms with E-state index in [9.17, 15) is 4.79 Å². The second-order valence-corrected chi connectivity index (χ2v) is 6.38. The van der Waals surface area contributed by atoms with Crippen LogP contribution in [0, 0.1) is 17.8 Å². The molecule has 118 valence electrons. The lowest BCUT2D eigenvalue weighted by molar-refractivity contribution is -0.133. The van der Waals surface area contributed by atoms with Crippen LogP contribution in [-0.4, -0.2) is 37.0 Å². The van der Waals surface area contributed by atoms with Crippen LogP contribution in [0.3, 0.4) is 0 Å². The number of carbonyl (C=O) groups is 1. The summed E-state index contributed by atoms with van der Waals surface area (Å²) in [6.45, 7) is 12.9. The van der Waals surface area contributed by atoms with Gasteiger partial charge in [-0.25, -0.2) is 0 Å². The van der Waals surface area contributed by atoms with Gasteiger partial charge in [0.1, 0.15) is 0 Å². The van der Waals surface area contributed by atoms with Gasteiger partial charge in [-0.1, -0.05) is 33.6 Å². The molecule has 1 rings (SSSR count). The molecule has 1 aliphatic rings. The van der Waals surface area contributed by atoms with Crippen LogP contribution < -0.4 is 5.32 Å². The minimum atomic E-state index is 0.366. The smallest absolute Gasteiger partial charge is 0.222 e. The van der Waals surface area contributed by atoms with Gasteiger partial charge in [0.05, 0.1) is 0 Å².